The predicted octanol–water partition coefficient (Wildman–Crippen LogP) is 1.95. The third-order valence-corrected chi connectivity index (χ3v) is 2.64. The molecule has 0 amide bonds. The van der Waals surface area contributed by atoms with E-state index in [-0.39, 0.29) is 0 Å². The van der Waals surface area contributed by atoms with Crippen LogP contribution in [-0.4, -0.2) is 7.11 Å². The molecule has 2 aromatic rings. The molecule has 0 atom stereocenters. The fourth-order valence-corrected chi connectivity index (χ4v) is 1.78. The maximum Gasteiger partial charge on any atom is 0.265 e. The highest BCUT2D eigenvalue weighted by Gasteiger charge is 2.10. The maximum atomic E-state index is 5.18. The zero-order valence-electron chi connectivity index (χ0n) is 7.20. The molecule has 3 heteroatoms. The minimum absolute atomic E-state index is 1.05. The van der Waals surface area contributed by atoms with Crippen LogP contribution >= 0.6 is 15.9 Å². The Kier molecular flexibility index (Phi) is 2.19. The van der Waals surface area contributed by atoms with Gasteiger partial charge in [0.15, 0.2) is 0 Å². The molecule has 1 aromatic carbocycles. The first-order chi connectivity index (χ1) is 6.33. The van der Waals surface area contributed by atoms with Crippen molar-refractivity contribution in [3.63, 3.8) is 0 Å². The predicted molar refractivity (Wildman–Crippen MR) is 54.3 cm³/mol. The Balaban J connectivity index is 2.84. The van der Waals surface area contributed by atoms with E-state index in [1.165, 1.54) is 0 Å². The number of halogens is 1. The highest BCUT2D eigenvalue weighted by atomic mass is 79.9. The molecular formula is C10H9BrNO+. The lowest BCUT2D eigenvalue weighted by molar-refractivity contribution is -0.865. The van der Waals surface area contributed by atoms with E-state index in [1.807, 2.05) is 30.5 Å². The van der Waals surface area contributed by atoms with Gasteiger partial charge in [0.25, 0.3) is 5.52 Å². The molecule has 1 aromatic heterocycles. The van der Waals surface area contributed by atoms with Gasteiger partial charge < -0.3 is 0 Å². The van der Waals surface area contributed by atoms with E-state index in [0.29, 0.717) is 0 Å². The second-order valence-electron chi connectivity index (χ2n) is 2.69. The molecule has 13 heavy (non-hydrogen) atoms. The van der Waals surface area contributed by atoms with Crippen LogP contribution in [0.25, 0.3) is 10.9 Å². The fraction of sp³-hybridized carbons (Fsp3) is 0.100. The molecular weight excluding hydrogens is 230 g/mol. The highest BCUT2D eigenvalue weighted by Crippen LogP contribution is 2.19. The largest absolute Gasteiger partial charge is 0.274 e. The zero-order valence-corrected chi connectivity index (χ0v) is 8.78. The molecule has 0 aliphatic carbocycles. The Bertz CT molecular complexity index is 442. The van der Waals surface area contributed by atoms with Gasteiger partial charge in [0.2, 0.25) is 6.20 Å². The van der Waals surface area contributed by atoms with Crippen LogP contribution in [0.15, 0.2) is 41.0 Å². The molecule has 0 aliphatic rings. The van der Waals surface area contributed by atoms with Crippen LogP contribution in [0.2, 0.25) is 0 Å². The first-order valence-electron chi connectivity index (χ1n) is 3.96. The van der Waals surface area contributed by atoms with E-state index < -0.39 is 0 Å². The van der Waals surface area contributed by atoms with Gasteiger partial charge in [-0.05, 0) is 22.0 Å². The van der Waals surface area contributed by atoms with Gasteiger partial charge in [-0.1, -0.05) is 12.1 Å². The first kappa shape index (κ1) is 8.51. The summed E-state index contributed by atoms with van der Waals surface area (Å²) in [5.74, 6) is 0. The van der Waals surface area contributed by atoms with Gasteiger partial charge in [-0.3, -0.25) is 4.84 Å². The molecule has 0 fully saturated rings. The van der Waals surface area contributed by atoms with Crippen molar-refractivity contribution in [1.29, 1.82) is 0 Å². The molecule has 66 valence electrons. The van der Waals surface area contributed by atoms with Crippen molar-refractivity contribution >= 4 is 26.8 Å². The molecule has 2 rings (SSSR count). The van der Waals surface area contributed by atoms with Crippen molar-refractivity contribution < 1.29 is 9.57 Å². The van der Waals surface area contributed by atoms with Crippen LogP contribution in [-0.2, 0) is 0 Å². The Morgan fingerprint density at radius 2 is 2.00 bits per heavy atom. The lowest BCUT2D eigenvalue weighted by Gasteiger charge is -1.98. The summed E-state index contributed by atoms with van der Waals surface area (Å²) in [6.07, 6.45) is 1.88. The third kappa shape index (κ3) is 1.40. The Labute approximate surface area is 84.8 Å². The molecule has 1 heterocycles. The summed E-state index contributed by atoms with van der Waals surface area (Å²) >= 11 is 3.49. The van der Waals surface area contributed by atoms with Crippen molar-refractivity contribution in [2.75, 3.05) is 7.11 Å². The normalized spacial score (nSPS) is 10.3. The van der Waals surface area contributed by atoms with Crippen molar-refractivity contribution in [2.24, 2.45) is 0 Å². The monoisotopic (exact) mass is 238 g/mol. The van der Waals surface area contributed by atoms with Gasteiger partial charge in [0, 0.05) is 21.3 Å². The van der Waals surface area contributed by atoms with Crippen LogP contribution in [0.4, 0.5) is 0 Å². The minimum atomic E-state index is 1.05. The lowest BCUT2D eigenvalue weighted by atomic mass is 10.2. The number of fused-ring (bicyclic) bond motifs is 1. The van der Waals surface area contributed by atoms with E-state index in [9.17, 15) is 0 Å². The molecule has 0 saturated carbocycles. The molecule has 0 spiro atoms. The first-order valence-corrected chi connectivity index (χ1v) is 4.75. The number of hydrogen-bond donors (Lipinski definition) is 0. The van der Waals surface area contributed by atoms with Gasteiger partial charge in [0.1, 0.15) is 7.11 Å². The SMILES string of the molecule is CO[n+]1ccc(Br)c2ccccc21. The Morgan fingerprint density at radius 1 is 1.23 bits per heavy atom. The average molecular weight is 239 g/mol. The Hall–Kier alpha value is -1.09. The van der Waals surface area contributed by atoms with Crippen LogP contribution in [0, 0.1) is 0 Å². The number of rotatable bonds is 1. The standard InChI is InChI=1S/C10H9BrNO/c1-13-12-7-6-9(11)8-4-2-3-5-10(8)12/h2-7H,1H3/q+1. The van der Waals surface area contributed by atoms with E-state index >= 15 is 0 Å². The van der Waals surface area contributed by atoms with Crippen LogP contribution < -0.4 is 9.57 Å². The number of aromatic nitrogens is 1. The molecule has 0 aliphatic heterocycles. The summed E-state index contributed by atoms with van der Waals surface area (Å²) in [4.78, 5) is 5.18. The summed E-state index contributed by atoms with van der Waals surface area (Å²) in [6.45, 7) is 0. The molecule has 0 radical (unpaired) electrons. The van der Waals surface area contributed by atoms with Gasteiger partial charge >= 0.3 is 0 Å². The highest BCUT2D eigenvalue weighted by molar-refractivity contribution is 9.10. The summed E-state index contributed by atoms with van der Waals surface area (Å²) < 4.78 is 2.82. The lowest BCUT2D eigenvalue weighted by Crippen LogP contribution is -2.40. The number of hydrogen-bond acceptors (Lipinski definition) is 1. The topological polar surface area (TPSA) is 13.1 Å². The van der Waals surface area contributed by atoms with Crippen molar-refractivity contribution in [3.05, 3.63) is 41.0 Å². The maximum absolute atomic E-state index is 5.18. The third-order valence-electron chi connectivity index (χ3n) is 1.95. The molecule has 0 bridgehead atoms. The Morgan fingerprint density at radius 3 is 2.77 bits per heavy atom. The number of nitrogens with zero attached hydrogens (tertiary/aromatic N) is 1. The summed E-state index contributed by atoms with van der Waals surface area (Å²) in [5.41, 5.74) is 1.05. The van der Waals surface area contributed by atoms with E-state index in [0.717, 1.165) is 15.4 Å². The molecule has 0 saturated heterocycles. The summed E-state index contributed by atoms with van der Waals surface area (Å²) in [5, 5.41) is 1.15. The molecule has 2 nitrogen and oxygen atoms in total. The second kappa shape index (κ2) is 3.34. The van der Waals surface area contributed by atoms with Crippen molar-refractivity contribution in [1.82, 2.24) is 0 Å². The van der Waals surface area contributed by atoms with Gasteiger partial charge in [-0.2, -0.15) is 0 Å². The summed E-state index contributed by atoms with van der Waals surface area (Å²) in [7, 11) is 1.65. The van der Waals surface area contributed by atoms with Crippen LogP contribution in [0.1, 0.15) is 0 Å². The van der Waals surface area contributed by atoms with Gasteiger partial charge in [-0.15, -0.1) is 0 Å². The van der Waals surface area contributed by atoms with E-state index in [4.69, 9.17) is 4.84 Å². The van der Waals surface area contributed by atoms with Gasteiger partial charge in [0.05, 0.1) is 5.39 Å². The smallest absolute Gasteiger partial charge is 0.265 e. The van der Waals surface area contributed by atoms with Crippen molar-refractivity contribution in [2.45, 2.75) is 0 Å². The molecule has 0 N–H and O–H groups in total. The number of pyridine rings is 1. The number of para-hydroxylation sites is 1. The molecule has 0 unspecified atom stereocenters. The van der Waals surface area contributed by atoms with Crippen LogP contribution in [0.3, 0.4) is 0 Å². The average Bonchev–Trinajstić information content (AvgIpc) is 2.19. The summed E-state index contributed by atoms with van der Waals surface area (Å²) in [6, 6.07) is 10.0. The second-order valence-corrected chi connectivity index (χ2v) is 3.54. The van der Waals surface area contributed by atoms with E-state index in [1.54, 1.807) is 11.8 Å². The minimum Gasteiger partial charge on any atom is -0.274 e. The van der Waals surface area contributed by atoms with Gasteiger partial charge in [-0.25, -0.2) is 0 Å². The van der Waals surface area contributed by atoms with Crippen LogP contribution in [0.5, 0.6) is 0 Å². The fourth-order valence-electron chi connectivity index (χ4n) is 1.33. The quantitative estimate of drug-likeness (QED) is 0.693. The van der Waals surface area contributed by atoms with Crippen molar-refractivity contribution in [3.8, 4) is 0 Å². The number of benzene rings is 1. The zero-order chi connectivity index (χ0) is 9.26. The van der Waals surface area contributed by atoms with E-state index in [2.05, 4.69) is 22.0 Å².